The predicted octanol–water partition coefficient (Wildman–Crippen LogP) is 2.67. The highest BCUT2D eigenvalue weighted by Crippen LogP contribution is 2.13. The molecule has 0 radical (unpaired) electrons. The van der Waals surface area contributed by atoms with E-state index >= 15 is 0 Å². The average molecular weight is 259 g/mol. The van der Waals surface area contributed by atoms with Crippen molar-refractivity contribution >= 4 is 5.97 Å². The molecule has 108 valence electrons. The van der Waals surface area contributed by atoms with Crippen molar-refractivity contribution in [3.63, 3.8) is 0 Å². The van der Waals surface area contributed by atoms with E-state index in [1.807, 2.05) is 0 Å². The van der Waals surface area contributed by atoms with Crippen LogP contribution in [0.1, 0.15) is 52.9 Å². The molecule has 0 heterocycles. The summed E-state index contributed by atoms with van der Waals surface area (Å²) in [5.74, 6) is -0.0524. The Labute approximate surface area is 111 Å². The summed E-state index contributed by atoms with van der Waals surface area (Å²) in [4.78, 5) is 11.0. The molecule has 18 heavy (non-hydrogen) atoms. The summed E-state index contributed by atoms with van der Waals surface area (Å²) < 4.78 is 5.53. The van der Waals surface area contributed by atoms with Crippen molar-refractivity contribution in [3.8, 4) is 0 Å². The van der Waals surface area contributed by atoms with Crippen LogP contribution in [0.4, 0.5) is 0 Å². The number of hydrogen-bond acceptors (Lipinski definition) is 3. The molecule has 2 N–H and O–H groups in total. The van der Waals surface area contributed by atoms with Crippen LogP contribution in [0.5, 0.6) is 0 Å². The monoisotopic (exact) mass is 259 g/mol. The number of carboxylic acids is 1. The normalized spacial score (nSPS) is 14.7. The summed E-state index contributed by atoms with van der Waals surface area (Å²) >= 11 is 0. The van der Waals surface area contributed by atoms with Gasteiger partial charge in [0.1, 0.15) is 5.54 Å². The molecular weight excluding hydrogens is 230 g/mol. The van der Waals surface area contributed by atoms with Crippen LogP contribution in [0.25, 0.3) is 0 Å². The first kappa shape index (κ1) is 17.4. The second-order valence-corrected chi connectivity index (χ2v) is 5.49. The molecule has 0 saturated heterocycles. The minimum absolute atomic E-state index is 0.633. The van der Waals surface area contributed by atoms with E-state index in [1.165, 1.54) is 6.42 Å². The number of ether oxygens (including phenoxy) is 1. The average Bonchev–Trinajstić information content (AvgIpc) is 2.31. The lowest BCUT2D eigenvalue weighted by Gasteiger charge is -2.23. The third-order valence-corrected chi connectivity index (χ3v) is 3.31. The van der Waals surface area contributed by atoms with Crippen molar-refractivity contribution in [2.75, 3.05) is 20.3 Å². The first-order valence-corrected chi connectivity index (χ1v) is 6.92. The number of hydrogen-bond donors (Lipinski definition) is 2. The Balaban J connectivity index is 3.48. The van der Waals surface area contributed by atoms with Crippen molar-refractivity contribution < 1.29 is 14.6 Å². The van der Waals surface area contributed by atoms with E-state index < -0.39 is 11.5 Å². The minimum atomic E-state index is -0.808. The molecule has 1 unspecified atom stereocenters. The summed E-state index contributed by atoms with van der Waals surface area (Å²) in [5.41, 5.74) is -0.808. The molecule has 0 aromatic heterocycles. The van der Waals surface area contributed by atoms with Gasteiger partial charge in [-0.3, -0.25) is 4.79 Å². The van der Waals surface area contributed by atoms with Crippen LogP contribution in [0.2, 0.25) is 0 Å². The molecular formula is C14H29NO3. The quantitative estimate of drug-likeness (QED) is 0.560. The van der Waals surface area contributed by atoms with Gasteiger partial charge in [-0.15, -0.1) is 0 Å². The molecule has 0 aliphatic carbocycles. The highest BCUT2D eigenvalue weighted by molar-refractivity contribution is 5.78. The van der Waals surface area contributed by atoms with Gasteiger partial charge in [0, 0.05) is 13.2 Å². The maximum absolute atomic E-state index is 11.0. The van der Waals surface area contributed by atoms with E-state index in [4.69, 9.17) is 9.84 Å². The molecule has 0 saturated carbocycles. The van der Waals surface area contributed by atoms with Crippen LogP contribution in [-0.2, 0) is 9.53 Å². The Morgan fingerprint density at radius 3 is 2.39 bits per heavy atom. The van der Waals surface area contributed by atoms with Gasteiger partial charge in [-0.2, -0.15) is 0 Å². The standard InChI is InChI=1S/C14H29NO3/c1-12(2)8-7-11-18-10-6-5-9-14(3,15-4)13(16)17/h12,15H,5-11H2,1-4H3,(H,16,17). The van der Waals surface area contributed by atoms with Gasteiger partial charge < -0.3 is 15.2 Å². The van der Waals surface area contributed by atoms with Gasteiger partial charge in [-0.25, -0.2) is 0 Å². The zero-order valence-corrected chi connectivity index (χ0v) is 12.3. The molecule has 0 amide bonds. The molecule has 0 rings (SSSR count). The summed E-state index contributed by atoms with van der Waals surface area (Å²) in [6.07, 6.45) is 4.74. The highest BCUT2D eigenvalue weighted by atomic mass is 16.5. The molecule has 0 aliphatic heterocycles. The maximum atomic E-state index is 11.0. The zero-order chi connectivity index (χ0) is 14.0. The lowest BCUT2D eigenvalue weighted by molar-refractivity contribution is -0.144. The Hall–Kier alpha value is -0.610. The van der Waals surface area contributed by atoms with E-state index in [0.717, 1.165) is 38.4 Å². The predicted molar refractivity (Wildman–Crippen MR) is 73.8 cm³/mol. The van der Waals surface area contributed by atoms with Gasteiger partial charge in [0.15, 0.2) is 0 Å². The Kier molecular flexibility index (Phi) is 9.02. The highest BCUT2D eigenvalue weighted by Gasteiger charge is 2.29. The summed E-state index contributed by atoms with van der Waals surface area (Å²) in [7, 11) is 1.69. The summed E-state index contributed by atoms with van der Waals surface area (Å²) in [6.45, 7) is 7.70. The van der Waals surface area contributed by atoms with Crippen molar-refractivity contribution in [3.05, 3.63) is 0 Å². The summed E-state index contributed by atoms with van der Waals surface area (Å²) in [5, 5.41) is 11.9. The van der Waals surface area contributed by atoms with Crippen molar-refractivity contribution in [2.45, 2.75) is 58.4 Å². The smallest absolute Gasteiger partial charge is 0.323 e. The van der Waals surface area contributed by atoms with Crippen LogP contribution in [0.15, 0.2) is 0 Å². The van der Waals surface area contributed by atoms with Gasteiger partial charge in [-0.1, -0.05) is 13.8 Å². The zero-order valence-electron chi connectivity index (χ0n) is 12.3. The van der Waals surface area contributed by atoms with Crippen LogP contribution >= 0.6 is 0 Å². The van der Waals surface area contributed by atoms with Crippen LogP contribution < -0.4 is 5.32 Å². The van der Waals surface area contributed by atoms with Gasteiger partial charge in [0.25, 0.3) is 0 Å². The molecule has 4 heteroatoms. The largest absolute Gasteiger partial charge is 0.480 e. The Bertz CT molecular complexity index is 231. The Morgan fingerprint density at radius 1 is 1.28 bits per heavy atom. The molecule has 0 fully saturated rings. The SMILES string of the molecule is CNC(C)(CCCCOCCCC(C)C)C(=O)O. The van der Waals surface area contributed by atoms with Crippen LogP contribution in [0.3, 0.4) is 0 Å². The van der Waals surface area contributed by atoms with Gasteiger partial charge >= 0.3 is 5.97 Å². The molecule has 0 aromatic carbocycles. The maximum Gasteiger partial charge on any atom is 0.323 e. The summed E-state index contributed by atoms with van der Waals surface area (Å²) in [6, 6.07) is 0. The molecule has 1 atom stereocenters. The molecule has 0 spiro atoms. The fourth-order valence-corrected chi connectivity index (χ4v) is 1.72. The van der Waals surface area contributed by atoms with Gasteiger partial charge in [-0.05, 0) is 52.0 Å². The Morgan fingerprint density at radius 2 is 1.89 bits per heavy atom. The molecule has 0 aliphatic rings. The van der Waals surface area contributed by atoms with Crippen LogP contribution in [0, 0.1) is 5.92 Å². The van der Waals surface area contributed by atoms with E-state index in [2.05, 4.69) is 19.2 Å². The van der Waals surface area contributed by atoms with Gasteiger partial charge in [0.05, 0.1) is 0 Å². The van der Waals surface area contributed by atoms with E-state index in [1.54, 1.807) is 14.0 Å². The lowest BCUT2D eigenvalue weighted by Crippen LogP contribution is -2.47. The number of likely N-dealkylation sites (N-methyl/N-ethyl adjacent to an activating group) is 1. The number of unbranched alkanes of at least 4 members (excludes halogenated alkanes) is 1. The first-order valence-electron chi connectivity index (χ1n) is 6.92. The second kappa shape index (κ2) is 9.34. The van der Waals surface area contributed by atoms with Crippen molar-refractivity contribution in [1.82, 2.24) is 5.32 Å². The third kappa shape index (κ3) is 7.67. The number of aliphatic carboxylic acids is 1. The third-order valence-electron chi connectivity index (χ3n) is 3.31. The topological polar surface area (TPSA) is 58.6 Å². The lowest BCUT2D eigenvalue weighted by atomic mass is 9.95. The van der Waals surface area contributed by atoms with Crippen molar-refractivity contribution in [2.24, 2.45) is 5.92 Å². The second-order valence-electron chi connectivity index (χ2n) is 5.49. The fourth-order valence-electron chi connectivity index (χ4n) is 1.72. The van der Waals surface area contributed by atoms with Crippen molar-refractivity contribution in [1.29, 1.82) is 0 Å². The van der Waals surface area contributed by atoms with E-state index in [-0.39, 0.29) is 0 Å². The number of rotatable bonds is 11. The fraction of sp³-hybridized carbons (Fsp3) is 0.929. The number of carboxylic acid groups (broad SMARTS) is 1. The molecule has 0 aromatic rings. The van der Waals surface area contributed by atoms with E-state index in [9.17, 15) is 4.79 Å². The minimum Gasteiger partial charge on any atom is -0.480 e. The van der Waals surface area contributed by atoms with E-state index in [0.29, 0.717) is 6.42 Å². The van der Waals surface area contributed by atoms with Crippen LogP contribution in [-0.4, -0.2) is 36.9 Å². The number of carbonyl (C=O) groups is 1. The molecule has 4 nitrogen and oxygen atoms in total. The molecule has 0 bridgehead atoms. The van der Waals surface area contributed by atoms with Gasteiger partial charge in [0.2, 0.25) is 0 Å². The number of nitrogens with one attached hydrogen (secondary N) is 1. The first-order chi connectivity index (χ1) is 8.42.